The number of benzene rings is 1. The number of hydrogen-bond acceptors (Lipinski definition) is 5. The first-order valence-corrected chi connectivity index (χ1v) is 7.04. The van der Waals surface area contributed by atoms with Gasteiger partial charge in [-0.25, -0.2) is 8.78 Å². The van der Waals surface area contributed by atoms with Crippen LogP contribution >= 0.6 is 0 Å². The summed E-state index contributed by atoms with van der Waals surface area (Å²) in [4.78, 5) is 23.3. The Morgan fingerprint density at radius 1 is 1.32 bits per heavy atom. The van der Waals surface area contributed by atoms with Crippen LogP contribution in [-0.4, -0.2) is 36.4 Å². The highest BCUT2D eigenvalue weighted by Gasteiger charge is 2.29. The second-order valence-corrected chi connectivity index (χ2v) is 5.35. The molecular weight excluding hydrogens is 343 g/mol. The Morgan fingerprint density at radius 3 is 2.52 bits per heavy atom. The molecule has 0 aliphatic carbocycles. The second-order valence-electron chi connectivity index (χ2n) is 5.35. The molecule has 1 unspecified atom stereocenters. The predicted molar refractivity (Wildman–Crippen MR) is 80.4 cm³/mol. The third kappa shape index (κ3) is 3.79. The molecule has 0 fully saturated rings. The highest BCUT2D eigenvalue weighted by atomic mass is 19.2. The molecule has 0 bridgehead atoms. The monoisotopic (exact) mass is 357 g/mol. The predicted octanol–water partition coefficient (Wildman–Crippen LogP) is 2.64. The quantitative estimate of drug-likeness (QED) is 0.488. The van der Waals surface area contributed by atoms with Gasteiger partial charge >= 0.3 is 5.69 Å². The summed E-state index contributed by atoms with van der Waals surface area (Å²) in [6.45, 7) is -0.0500. The van der Waals surface area contributed by atoms with Gasteiger partial charge in [0.05, 0.1) is 22.8 Å². The number of nitro benzene ring substituents is 1. The van der Waals surface area contributed by atoms with Crippen molar-refractivity contribution in [1.29, 1.82) is 0 Å². The van der Waals surface area contributed by atoms with Crippen LogP contribution in [-0.2, 0) is 0 Å². The fourth-order valence-corrected chi connectivity index (χ4v) is 2.19. The molecule has 0 aliphatic heterocycles. The normalized spacial score (nSPS) is 12.2. The number of nitrogens with zero attached hydrogens (tertiary/aromatic N) is 2. The Hall–Kier alpha value is -2.88. The van der Waals surface area contributed by atoms with Crippen molar-refractivity contribution in [2.45, 2.75) is 6.04 Å². The molecule has 134 valence electrons. The largest absolute Gasteiger partial charge is 0.468 e. The Balaban J connectivity index is 2.25. The van der Waals surface area contributed by atoms with Crippen molar-refractivity contribution in [3.05, 3.63) is 63.4 Å². The highest BCUT2D eigenvalue weighted by molar-refractivity contribution is 5.95. The molecule has 1 N–H and O–H groups in total. The lowest BCUT2D eigenvalue weighted by Gasteiger charge is -2.22. The Labute approximate surface area is 140 Å². The zero-order valence-electron chi connectivity index (χ0n) is 13.3. The zero-order chi connectivity index (χ0) is 18.7. The lowest BCUT2D eigenvalue weighted by atomic mass is 10.1. The van der Waals surface area contributed by atoms with Crippen molar-refractivity contribution in [2.75, 3.05) is 20.6 Å². The van der Waals surface area contributed by atoms with Crippen molar-refractivity contribution in [3.8, 4) is 0 Å². The van der Waals surface area contributed by atoms with Crippen molar-refractivity contribution in [3.63, 3.8) is 0 Å². The van der Waals surface area contributed by atoms with Gasteiger partial charge in [-0.15, -0.1) is 0 Å². The summed E-state index contributed by atoms with van der Waals surface area (Å²) in [5.74, 6) is -6.42. The molecule has 0 radical (unpaired) electrons. The number of likely N-dealkylation sites (N-methyl/N-ethyl adjacent to an activating group) is 1. The molecule has 1 heterocycles. The smallest absolute Gasteiger partial charge is 0.308 e. The molecule has 0 aliphatic rings. The molecule has 10 heteroatoms. The van der Waals surface area contributed by atoms with E-state index in [0.29, 0.717) is 11.8 Å². The Morgan fingerprint density at radius 2 is 2.00 bits per heavy atom. The third-order valence-electron chi connectivity index (χ3n) is 3.52. The molecule has 2 rings (SSSR count). The first-order valence-electron chi connectivity index (χ1n) is 7.04. The molecule has 0 saturated heterocycles. The first-order chi connectivity index (χ1) is 11.7. The van der Waals surface area contributed by atoms with E-state index < -0.39 is 45.6 Å². The van der Waals surface area contributed by atoms with Crippen LogP contribution in [0.15, 0.2) is 28.9 Å². The highest BCUT2D eigenvalue weighted by Crippen LogP contribution is 2.25. The Bertz CT molecular complexity index is 794. The summed E-state index contributed by atoms with van der Waals surface area (Å²) >= 11 is 0. The van der Waals surface area contributed by atoms with E-state index in [1.54, 1.807) is 31.1 Å². The number of amides is 1. The van der Waals surface area contributed by atoms with E-state index >= 15 is 0 Å². The molecule has 1 aromatic carbocycles. The van der Waals surface area contributed by atoms with Gasteiger partial charge in [0.15, 0.2) is 5.82 Å². The summed E-state index contributed by atoms with van der Waals surface area (Å²) in [6, 6.07) is 3.26. The van der Waals surface area contributed by atoms with Gasteiger partial charge in [-0.3, -0.25) is 19.8 Å². The summed E-state index contributed by atoms with van der Waals surface area (Å²) in [6.07, 6.45) is 1.44. The van der Waals surface area contributed by atoms with E-state index in [4.69, 9.17) is 4.42 Å². The number of halogens is 3. The molecule has 7 nitrogen and oxygen atoms in total. The van der Waals surface area contributed by atoms with Crippen LogP contribution in [0.1, 0.15) is 22.2 Å². The average Bonchev–Trinajstić information content (AvgIpc) is 3.06. The molecule has 2 aromatic rings. The Kier molecular flexibility index (Phi) is 5.42. The van der Waals surface area contributed by atoms with Crippen LogP contribution in [0.2, 0.25) is 0 Å². The summed E-state index contributed by atoms with van der Waals surface area (Å²) in [5, 5.41) is 13.0. The number of nitrogens with one attached hydrogen (secondary N) is 1. The standard InChI is InChI=1S/C15H14F3N3O4/c1-20(2)10(11-4-3-5-25-11)7-19-15(22)8-6-9(21(23)24)13(17)14(18)12(8)16/h3-6,10H,7H2,1-2H3,(H,19,22). The first kappa shape index (κ1) is 18.5. The number of rotatable bonds is 6. The maximum Gasteiger partial charge on any atom is 0.308 e. The topological polar surface area (TPSA) is 88.6 Å². The fraction of sp³-hybridized carbons (Fsp3) is 0.267. The lowest BCUT2D eigenvalue weighted by molar-refractivity contribution is -0.387. The van der Waals surface area contributed by atoms with Crippen molar-refractivity contribution < 1.29 is 27.3 Å². The summed E-state index contributed by atoms with van der Waals surface area (Å²) < 4.78 is 45.8. The number of nitro groups is 1. The van der Waals surface area contributed by atoms with Gasteiger partial charge in [-0.1, -0.05) is 0 Å². The molecule has 1 amide bonds. The lowest BCUT2D eigenvalue weighted by Crippen LogP contribution is -2.35. The van der Waals surface area contributed by atoms with E-state index in [0.717, 1.165) is 0 Å². The van der Waals surface area contributed by atoms with Crippen LogP contribution in [0.25, 0.3) is 0 Å². The number of furan rings is 1. The van der Waals surface area contributed by atoms with E-state index in [2.05, 4.69) is 5.32 Å². The number of carbonyl (C=O) groups excluding carboxylic acids is 1. The van der Waals surface area contributed by atoms with Crippen LogP contribution in [0.5, 0.6) is 0 Å². The summed E-state index contributed by atoms with van der Waals surface area (Å²) in [7, 11) is 3.42. The fourth-order valence-electron chi connectivity index (χ4n) is 2.19. The van der Waals surface area contributed by atoms with Crippen molar-refractivity contribution >= 4 is 11.6 Å². The van der Waals surface area contributed by atoms with Gasteiger partial charge in [0, 0.05) is 12.6 Å². The van der Waals surface area contributed by atoms with Crippen molar-refractivity contribution in [1.82, 2.24) is 10.2 Å². The van der Waals surface area contributed by atoms with Crippen LogP contribution in [0.3, 0.4) is 0 Å². The number of carbonyl (C=O) groups is 1. The van der Waals surface area contributed by atoms with E-state index in [9.17, 15) is 28.1 Å². The number of hydrogen-bond donors (Lipinski definition) is 1. The zero-order valence-corrected chi connectivity index (χ0v) is 13.3. The van der Waals surface area contributed by atoms with E-state index in [1.807, 2.05) is 0 Å². The molecule has 25 heavy (non-hydrogen) atoms. The average molecular weight is 357 g/mol. The van der Waals surface area contributed by atoms with Gasteiger partial charge in [0.1, 0.15) is 5.76 Å². The van der Waals surface area contributed by atoms with Crippen LogP contribution in [0.4, 0.5) is 18.9 Å². The van der Waals surface area contributed by atoms with Gasteiger partial charge in [-0.2, -0.15) is 4.39 Å². The molecule has 1 atom stereocenters. The van der Waals surface area contributed by atoms with Crippen LogP contribution in [0, 0.1) is 27.6 Å². The van der Waals surface area contributed by atoms with Gasteiger partial charge in [-0.05, 0) is 26.2 Å². The summed E-state index contributed by atoms with van der Waals surface area (Å²) in [5.41, 5.74) is -2.28. The minimum atomic E-state index is -2.07. The molecular formula is C15H14F3N3O4. The van der Waals surface area contributed by atoms with Crippen molar-refractivity contribution in [2.24, 2.45) is 0 Å². The van der Waals surface area contributed by atoms with Gasteiger partial charge in [0.25, 0.3) is 5.91 Å². The second kappa shape index (κ2) is 7.34. The maximum atomic E-state index is 13.8. The molecule has 1 aromatic heterocycles. The third-order valence-corrected chi connectivity index (χ3v) is 3.52. The minimum Gasteiger partial charge on any atom is -0.468 e. The maximum absolute atomic E-state index is 13.8. The van der Waals surface area contributed by atoms with Gasteiger partial charge in [0.2, 0.25) is 11.6 Å². The van der Waals surface area contributed by atoms with Crippen LogP contribution < -0.4 is 5.32 Å². The molecule has 0 saturated carbocycles. The van der Waals surface area contributed by atoms with E-state index in [-0.39, 0.29) is 6.54 Å². The minimum absolute atomic E-state index is 0.0500. The molecule has 0 spiro atoms. The van der Waals surface area contributed by atoms with E-state index in [1.165, 1.54) is 6.26 Å². The van der Waals surface area contributed by atoms with Gasteiger partial charge < -0.3 is 9.73 Å². The SMILES string of the molecule is CN(C)C(CNC(=O)c1cc([N+](=O)[O-])c(F)c(F)c1F)c1ccco1.